The first-order chi connectivity index (χ1) is 10.6. The summed E-state index contributed by atoms with van der Waals surface area (Å²) in [4.78, 5) is 0. The molecule has 0 saturated heterocycles. The molecule has 2 N–H and O–H groups in total. The molecule has 1 aromatic carbocycles. The second kappa shape index (κ2) is 5.94. The monoisotopic (exact) mass is 314 g/mol. The highest BCUT2D eigenvalue weighted by Crippen LogP contribution is 2.30. The minimum Gasteiger partial charge on any atom is -0.325 e. The molecule has 0 atom stereocenters. The lowest BCUT2D eigenvalue weighted by Gasteiger charge is -2.07. The summed E-state index contributed by atoms with van der Waals surface area (Å²) in [6.45, 7) is 6.59. The van der Waals surface area contributed by atoms with Gasteiger partial charge in [0, 0.05) is 18.0 Å². The maximum absolute atomic E-state index is 5.83. The Labute approximate surface area is 133 Å². The maximum Gasteiger partial charge on any atom is 0.234 e. The molecule has 0 unspecified atom stereocenters. The van der Waals surface area contributed by atoms with Crippen LogP contribution in [0.2, 0.25) is 0 Å². The van der Waals surface area contributed by atoms with Crippen molar-refractivity contribution < 1.29 is 0 Å². The van der Waals surface area contributed by atoms with E-state index in [1.165, 1.54) is 11.3 Å². The fraction of sp³-hybridized carbons (Fsp3) is 0.333. The summed E-state index contributed by atoms with van der Waals surface area (Å²) in [6, 6.07) is 8.12. The third kappa shape index (κ3) is 2.53. The van der Waals surface area contributed by atoms with E-state index in [0.717, 1.165) is 27.5 Å². The minimum absolute atomic E-state index is 0.333. The average molecular weight is 314 g/mol. The molecule has 0 spiro atoms. The van der Waals surface area contributed by atoms with Crippen molar-refractivity contribution in [2.24, 2.45) is 5.73 Å². The van der Waals surface area contributed by atoms with Crippen LogP contribution in [0.25, 0.3) is 16.4 Å². The first-order valence-corrected chi connectivity index (χ1v) is 7.98. The van der Waals surface area contributed by atoms with E-state index in [2.05, 4.69) is 47.3 Å². The molecule has 114 valence electrons. The van der Waals surface area contributed by atoms with Gasteiger partial charge in [-0.3, -0.25) is 0 Å². The van der Waals surface area contributed by atoms with Gasteiger partial charge in [0.2, 0.25) is 5.13 Å². The molecule has 0 bridgehead atoms. The van der Waals surface area contributed by atoms with Crippen molar-refractivity contribution in [1.82, 2.24) is 25.2 Å². The van der Waals surface area contributed by atoms with Crippen molar-refractivity contribution in [1.29, 1.82) is 0 Å². The molecule has 0 fully saturated rings. The Morgan fingerprint density at radius 1 is 1.18 bits per heavy atom. The number of hydrogen-bond acceptors (Lipinski definition) is 6. The molecule has 6 nitrogen and oxygen atoms in total. The Hall–Kier alpha value is -2.12. The molecule has 2 heterocycles. The van der Waals surface area contributed by atoms with E-state index in [-0.39, 0.29) is 0 Å². The van der Waals surface area contributed by atoms with Crippen molar-refractivity contribution in [3.8, 4) is 16.4 Å². The number of benzene rings is 1. The molecule has 0 saturated carbocycles. The van der Waals surface area contributed by atoms with E-state index in [0.29, 0.717) is 17.6 Å². The lowest BCUT2D eigenvalue weighted by molar-refractivity contribution is 0.772. The summed E-state index contributed by atoms with van der Waals surface area (Å²) in [7, 11) is 0. The second-order valence-electron chi connectivity index (χ2n) is 5.39. The highest BCUT2D eigenvalue weighted by atomic mass is 32.1. The zero-order valence-electron chi connectivity index (χ0n) is 12.8. The minimum atomic E-state index is 0.333. The molecule has 7 heteroatoms. The second-order valence-corrected chi connectivity index (χ2v) is 6.38. The number of rotatable bonds is 4. The van der Waals surface area contributed by atoms with Gasteiger partial charge in [-0.15, -0.1) is 15.3 Å². The fourth-order valence-corrected chi connectivity index (χ4v) is 3.04. The highest BCUT2D eigenvalue weighted by Gasteiger charge is 2.20. The Morgan fingerprint density at radius 3 is 2.59 bits per heavy atom. The molecule has 3 rings (SSSR count). The van der Waals surface area contributed by atoms with Crippen LogP contribution in [0.5, 0.6) is 0 Å². The van der Waals surface area contributed by atoms with Gasteiger partial charge in [0.05, 0.1) is 0 Å². The molecule has 3 aromatic rings. The van der Waals surface area contributed by atoms with E-state index in [1.54, 1.807) is 4.68 Å². The lowest BCUT2D eigenvalue weighted by atomic mass is 10.0. The number of aromatic nitrogens is 5. The number of hydrogen-bond donors (Lipinski definition) is 1. The van der Waals surface area contributed by atoms with Crippen molar-refractivity contribution in [2.75, 3.05) is 0 Å². The topological polar surface area (TPSA) is 82.5 Å². The number of aryl methyl sites for hydroxylation is 1. The van der Waals surface area contributed by atoms with E-state index >= 15 is 0 Å². The standard InChI is InChI=1S/C15H18N6S/c1-9(2)14-18-19-15(22-14)21-13(12(8-16)17-20-21)11-7-5-4-6-10(11)3/h4-7,9H,8,16H2,1-3H3. The Kier molecular flexibility index (Phi) is 4.00. The Morgan fingerprint density at radius 2 is 1.95 bits per heavy atom. The van der Waals surface area contributed by atoms with Gasteiger partial charge < -0.3 is 5.73 Å². The van der Waals surface area contributed by atoms with Gasteiger partial charge in [-0.05, 0) is 12.5 Å². The van der Waals surface area contributed by atoms with Crippen LogP contribution in [-0.2, 0) is 6.54 Å². The van der Waals surface area contributed by atoms with Gasteiger partial charge >= 0.3 is 0 Å². The van der Waals surface area contributed by atoms with Crippen LogP contribution in [0.4, 0.5) is 0 Å². The van der Waals surface area contributed by atoms with Gasteiger partial charge in [0.15, 0.2) is 0 Å². The molecule has 0 aliphatic heterocycles. The van der Waals surface area contributed by atoms with Crippen LogP contribution in [-0.4, -0.2) is 25.2 Å². The van der Waals surface area contributed by atoms with E-state index < -0.39 is 0 Å². The summed E-state index contributed by atoms with van der Waals surface area (Å²) in [5, 5.41) is 18.6. The van der Waals surface area contributed by atoms with E-state index in [1.807, 2.05) is 18.2 Å². The summed E-state index contributed by atoms with van der Waals surface area (Å²) >= 11 is 1.53. The smallest absolute Gasteiger partial charge is 0.234 e. The molecular weight excluding hydrogens is 296 g/mol. The zero-order valence-corrected chi connectivity index (χ0v) is 13.6. The predicted molar refractivity (Wildman–Crippen MR) is 87.0 cm³/mol. The van der Waals surface area contributed by atoms with Crippen molar-refractivity contribution in [3.63, 3.8) is 0 Å². The van der Waals surface area contributed by atoms with Crippen LogP contribution < -0.4 is 5.73 Å². The summed E-state index contributed by atoms with van der Waals surface area (Å²) in [5.41, 5.74) is 9.70. The molecule has 0 amide bonds. The largest absolute Gasteiger partial charge is 0.325 e. The average Bonchev–Trinajstić information content (AvgIpc) is 3.14. The van der Waals surface area contributed by atoms with Crippen LogP contribution in [0, 0.1) is 6.92 Å². The summed E-state index contributed by atoms with van der Waals surface area (Å²) in [6.07, 6.45) is 0. The third-order valence-corrected chi connectivity index (χ3v) is 4.64. The molecule has 0 radical (unpaired) electrons. The predicted octanol–water partition coefficient (Wildman–Crippen LogP) is 2.68. The summed E-state index contributed by atoms with van der Waals surface area (Å²) < 4.78 is 1.74. The van der Waals surface area contributed by atoms with Crippen LogP contribution in [0.15, 0.2) is 24.3 Å². The fourth-order valence-electron chi connectivity index (χ4n) is 2.24. The molecule has 0 aliphatic rings. The number of nitrogens with zero attached hydrogens (tertiary/aromatic N) is 5. The first-order valence-electron chi connectivity index (χ1n) is 7.16. The van der Waals surface area contributed by atoms with Crippen molar-refractivity contribution in [2.45, 2.75) is 33.2 Å². The van der Waals surface area contributed by atoms with Crippen LogP contribution in [0.3, 0.4) is 0 Å². The van der Waals surface area contributed by atoms with Gasteiger partial charge in [0.25, 0.3) is 0 Å². The molecule has 0 aliphatic carbocycles. The van der Waals surface area contributed by atoms with Gasteiger partial charge in [-0.2, -0.15) is 4.68 Å². The first kappa shape index (κ1) is 14.8. The lowest BCUT2D eigenvalue weighted by Crippen LogP contribution is -2.03. The highest BCUT2D eigenvalue weighted by molar-refractivity contribution is 7.13. The van der Waals surface area contributed by atoms with Gasteiger partial charge in [-0.1, -0.05) is 54.7 Å². The van der Waals surface area contributed by atoms with Crippen LogP contribution in [0.1, 0.15) is 36.0 Å². The zero-order chi connectivity index (χ0) is 15.7. The maximum atomic E-state index is 5.83. The van der Waals surface area contributed by atoms with E-state index in [9.17, 15) is 0 Å². The number of nitrogens with two attached hydrogens (primary N) is 1. The molecular formula is C15H18N6S. The van der Waals surface area contributed by atoms with Gasteiger partial charge in [-0.25, -0.2) is 0 Å². The Bertz CT molecular complexity index is 789. The van der Waals surface area contributed by atoms with Gasteiger partial charge in [0.1, 0.15) is 16.4 Å². The normalized spacial score (nSPS) is 11.3. The summed E-state index contributed by atoms with van der Waals surface area (Å²) in [5.74, 6) is 0.339. The SMILES string of the molecule is Cc1ccccc1-c1c(CN)nnn1-c1nnc(C(C)C)s1. The van der Waals surface area contributed by atoms with E-state index in [4.69, 9.17) is 5.73 Å². The Balaban J connectivity index is 2.17. The third-order valence-electron chi connectivity index (χ3n) is 3.44. The molecule has 2 aromatic heterocycles. The molecule has 22 heavy (non-hydrogen) atoms. The van der Waals surface area contributed by atoms with Crippen molar-refractivity contribution in [3.05, 3.63) is 40.5 Å². The quantitative estimate of drug-likeness (QED) is 0.800. The van der Waals surface area contributed by atoms with Crippen LogP contribution >= 0.6 is 11.3 Å². The van der Waals surface area contributed by atoms with Crippen molar-refractivity contribution >= 4 is 11.3 Å².